The summed E-state index contributed by atoms with van der Waals surface area (Å²) in [7, 11) is 1.41. The maximum atomic E-state index is 13.3. The summed E-state index contributed by atoms with van der Waals surface area (Å²) in [6, 6.07) is 12.4. The summed E-state index contributed by atoms with van der Waals surface area (Å²) in [4.78, 5) is 32.3. The van der Waals surface area contributed by atoms with Crippen molar-refractivity contribution in [3.8, 4) is 17.2 Å². The Labute approximate surface area is 200 Å². The van der Waals surface area contributed by atoms with E-state index in [9.17, 15) is 14.7 Å². The third-order valence-corrected chi connectivity index (χ3v) is 5.97. The van der Waals surface area contributed by atoms with E-state index in [0.29, 0.717) is 22.9 Å². The van der Waals surface area contributed by atoms with Crippen LogP contribution in [0.1, 0.15) is 22.9 Å². The number of nitrogens with zero attached hydrogens (tertiary/aromatic N) is 2. The van der Waals surface area contributed by atoms with Gasteiger partial charge < -0.3 is 19.3 Å². The third kappa shape index (κ3) is 3.43. The molecular weight excluding hydrogens is 460 g/mol. The number of fused-ring (bicyclic) bond motifs is 1. The summed E-state index contributed by atoms with van der Waals surface area (Å²) in [5.41, 5.74) is 1.62. The molecule has 172 valence electrons. The second kappa shape index (κ2) is 8.39. The lowest BCUT2D eigenvalue weighted by Gasteiger charge is -2.25. The Hall–Kier alpha value is -4.04. The molecule has 3 heterocycles. The number of aryl methyl sites for hydroxylation is 1. The molecule has 2 aliphatic rings. The minimum absolute atomic E-state index is 0.0647. The molecule has 0 aliphatic carbocycles. The van der Waals surface area contributed by atoms with Crippen LogP contribution in [0, 0.1) is 6.92 Å². The van der Waals surface area contributed by atoms with Crippen LogP contribution >= 0.6 is 11.6 Å². The number of amides is 1. The molecule has 1 saturated heterocycles. The molecule has 3 aromatic rings. The number of Topliss-reactive ketones (excluding diaryl/α,β-unsaturated/α-hetero) is 1. The first-order valence-corrected chi connectivity index (χ1v) is 10.7. The minimum Gasteiger partial charge on any atom is -0.507 e. The molecule has 1 N–H and O–H groups in total. The van der Waals surface area contributed by atoms with Gasteiger partial charge in [0.15, 0.2) is 11.5 Å². The zero-order chi connectivity index (χ0) is 24.0. The van der Waals surface area contributed by atoms with Gasteiger partial charge in [-0.1, -0.05) is 17.7 Å². The number of benzene rings is 2. The summed E-state index contributed by atoms with van der Waals surface area (Å²) >= 11 is 6.32. The first-order chi connectivity index (χ1) is 16.4. The number of halogens is 1. The monoisotopic (exact) mass is 478 g/mol. The standard InChI is InChI=1S/C25H19ClN2O6/c1-13-9-15(24(32-2)16(26)10-13)22(29)20-21(17-5-3-4-8-27-17)28(25(31)23(20)30)14-6-7-18-19(11-14)34-12-33-18/h3-11,21,29H,12H2,1-2H3/b22-20+. The number of pyridine rings is 1. The molecule has 1 unspecified atom stereocenters. The molecule has 2 aromatic carbocycles. The van der Waals surface area contributed by atoms with Crippen molar-refractivity contribution in [3.05, 3.63) is 82.1 Å². The van der Waals surface area contributed by atoms with Crippen molar-refractivity contribution in [2.45, 2.75) is 13.0 Å². The van der Waals surface area contributed by atoms with E-state index in [1.807, 2.05) is 0 Å². The number of hydrogen-bond donors (Lipinski definition) is 1. The fourth-order valence-electron chi connectivity index (χ4n) is 4.21. The van der Waals surface area contributed by atoms with Gasteiger partial charge in [0.2, 0.25) is 6.79 Å². The summed E-state index contributed by atoms with van der Waals surface area (Å²) in [6.07, 6.45) is 1.55. The predicted molar refractivity (Wildman–Crippen MR) is 124 cm³/mol. The van der Waals surface area contributed by atoms with Gasteiger partial charge in [-0.15, -0.1) is 0 Å². The van der Waals surface area contributed by atoms with Crippen LogP contribution in [0.5, 0.6) is 17.2 Å². The van der Waals surface area contributed by atoms with Crippen LogP contribution < -0.4 is 19.1 Å². The molecule has 1 fully saturated rings. The van der Waals surface area contributed by atoms with Gasteiger partial charge in [-0.3, -0.25) is 19.5 Å². The predicted octanol–water partition coefficient (Wildman–Crippen LogP) is 4.41. The van der Waals surface area contributed by atoms with Gasteiger partial charge in [-0.2, -0.15) is 0 Å². The largest absolute Gasteiger partial charge is 0.507 e. The number of rotatable bonds is 4. The molecule has 1 aromatic heterocycles. The highest BCUT2D eigenvalue weighted by Crippen LogP contribution is 2.45. The summed E-state index contributed by atoms with van der Waals surface area (Å²) in [6.45, 7) is 1.86. The first-order valence-electron chi connectivity index (χ1n) is 10.4. The molecule has 9 heteroatoms. The maximum Gasteiger partial charge on any atom is 0.300 e. The number of carbonyl (C=O) groups excluding carboxylic acids is 2. The highest BCUT2D eigenvalue weighted by atomic mass is 35.5. The number of ether oxygens (including phenoxy) is 3. The van der Waals surface area contributed by atoms with Crippen LogP contribution in [-0.4, -0.2) is 35.7 Å². The van der Waals surface area contributed by atoms with Crippen LogP contribution in [0.4, 0.5) is 5.69 Å². The highest BCUT2D eigenvalue weighted by molar-refractivity contribution is 6.51. The Kier molecular flexibility index (Phi) is 5.37. The molecule has 0 spiro atoms. The lowest BCUT2D eigenvalue weighted by Crippen LogP contribution is -2.29. The van der Waals surface area contributed by atoms with E-state index in [4.69, 9.17) is 25.8 Å². The summed E-state index contributed by atoms with van der Waals surface area (Å²) in [5.74, 6) is -0.891. The van der Waals surface area contributed by atoms with Gasteiger partial charge >= 0.3 is 0 Å². The number of aliphatic hydroxyl groups excluding tert-OH is 1. The quantitative estimate of drug-likeness (QED) is 0.337. The van der Waals surface area contributed by atoms with E-state index >= 15 is 0 Å². The SMILES string of the molecule is COc1c(Cl)cc(C)cc1/C(O)=C1\C(=O)C(=O)N(c2ccc3c(c2)OCO3)C1c1ccccn1. The van der Waals surface area contributed by atoms with Gasteiger partial charge in [0, 0.05) is 18.0 Å². The summed E-state index contributed by atoms with van der Waals surface area (Å²) in [5, 5.41) is 11.7. The lowest BCUT2D eigenvalue weighted by atomic mass is 9.97. The molecule has 1 amide bonds. The average molecular weight is 479 g/mol. The Morgan fingerprint density at radius 2 is 1.94 bits per heavy atom. The zero-order valence-corrected chi connectivity index (χ0v) is 19.0. The number of methoxy groups -OCH3 is 1. The van der Waals surface area contributed by atoms with Crippen molar-refractivity contribution in [2.75, 3.05) is 18.8 Å². The van der Waals surface area contributed by atoms with Gasteiger partial charge in [0.25, 0.3) is 11.7 Å². The normalized spacial score (nSPS) is 18.4. The van der Waals surface area contributed by atoms with Crippen LogP contribution in [0.2, 0.25) is 5.02 Å². The fourth-order valence-corrected chi connectivity index (χ4v) is 4.56. The number of hydrogen-bond acceptors (Lipinski definition) is 7. The van der Waals surface area contributed by atoms with Crippen LogP contribution in [0.25, 0.3) is 5.76 Å². The van der Waals surface area contributed by atoms with Gasteiger partial charge in [-0.05, 0) is 48.9 Å². The summed E-state index contributed by atoms with van der Waals surface area (Å²) < 4.78 is 16.2. The molecule has 1 atom stereocenters. The number of aromatic nitrogens is 1. The van der Waals surface area contributed by atoms with Crippen LogP contribution in [0.15, 0.2) is 60.3 Å². The molecular formula is C25H19ClN2O6. The van der Waals surface area contributed by atoms with Crippen molar-refractivity contribution in [1.29, 1.82) is 0 Å². The van der Waals surface area contributed by atoms with E-state index in [1.54, 1.807) is 61.7 Å². The second-order valence-corrected chi connectivity index (χ2v) is 8.20. The second-order valence-electron chi connectivity index (χ2n) is 7.79. The van der Waals surface area contributed by atoms with Crippen LogP contribution in [-0.2, 0) is 9.59 Å². The highest BCUT2D eigenvalue weighted by Gasteiger charge is 2.48. The van der Waals surface area contributed by atoms with Crippen molar-refractivity contribution in [1.82, 2.24) is 4.98 Å². The van der Waals surface area contributed by atoms with Gasteiger partial charge in [-0.25, -0.2) is 0 Å². The van der Waals surface area contributed by atoms with Gasteiger partial charge in [0.1, 0.15) is 17.6 Å². The van der Waals surface area contributed by atoms with Crippen molar-refractivity contribution >= 4 is 34.7 Å². The molecule has 34 heavy (non-hydrogen) atoms. The molecule has 0 radical (unpaired) electrons. The first kappa shape index (κ1) is 21.8. The maximum absolute atomic E-state index is 13.3. The van der Waals surface area contributed by atoms with Crippen molar-refractivity contribution in [3.63, 3.8) is 0 Å². The van der Waals surface area contributed by atoms with E-state index in [2.05, 4.69) is 4.98 Å². The molecule has 8 nitrogen and oxygen atoms in total. The Bertz CT molecular complexity index is 1360. The Balaban J connectivity index is 1.74. The number of carbonyl (C=O) groups is 2. The number of anilines is 1. The van der Waals surface area contributed by atoms with Crippen LogP contribution in [0.3, 0.4) is 0 Å². The average Bonchev–Trinajstić information content (AvgIpc) is 3.40. The number of aliphatic hydroxyl groups is 1. The Morgan fingerprint density at radius 3 is 2.68 bits per heavy atom. The van der Waals surface area contributed by atoms with E-state index < -0.39 is 23.5 Å². The van der Waals surface area contributed by atoms with E-state index in [-0.39, 0.29) is 28.7 Å². The van der Waals surface area contributed by atoms with Crippen molar-refractivity contribution in [2.24, 2.45) is 0 Å². The minimum atomic E-state index is -0.995. The lowest BCUT2D eigenvalue weighted by molar-refractivity contribution is -0.132. The molecule has 0 saturated carbocycles. The smallest absolute Gasteiger partial charge is 0.300 e. The zero-order valence-electron chi connectivity index (χ0n) is 18.2. The fraction of sp³-hybridized carbons (Fsp3) is 0.160. The Morgan fingerprint density at radius 1 is 1.15 bits per heavy atom. The third-order valence-electron chi connectivity index (χ3n) is 5.69. The van der Waals surface area contributed by atoms with Crippen molar-refractivity contribution < 1.29 is 28.9 Å². The van der Waals surface area contributed by atoms with E-state index in [1.165, 1.54) is 12.0 Å². The number of ketones is 1. The van der Waals surface area contributed by atoms with Gasteiger partial charge in [0.05, 0.1) is 29.0 Å². The molecule has 0 bridgehead atoms. The molecule has 2 aliphatic heterocycles. The topological polar surface area (TPSA) is 98.2 Å². The van der Waals surface area contributed by atoms with E-state index in [0.717, 1.165) is 5.56 Å². The molecule has 5 rings (SSSR count).